The Kier molecular flexibility index (Phi) is 3.90. The number of nitrogens with zero attached hydrogens (tertiary/aromatic N) is 2. The summed E-state index contributed by atoms with van der Waals surface area (Å²) < 4.78 is 10.7. The van der Waals surface area contributed by atoms with Gasteiger partial charge >= 0.3 is 0 Å². The summed E-state index contributed by atoms with van der Waals surface area (Å²) in [6.45, 7) is 2.49. The molecule has 1 N–H and O–H groups in total. The lowest BCUT2D eigenvalue weighted by atomic mass is 10.0. The van der Waals surface area contributed by atoms with Gasteiger partial charge in [-0.3, -0.25) is 0 Å². The van der Waals surface area contributed by atoms with Crippen molar-refractivity contribution < 1.29 is 14.4 Å². The number of aromatic nitrogens is 2. The van der Waals surface area contributed by atoms with Gasteiger partial charge in [0.2, 0.25) is 5.89 Å². The zero-order chi connectivity index (χ0) is 11.4. The summed E-state index contributed by atoms with van der Waals surface area (Å²) in [5, 5.41) is 12.9. The van der Waals surface area contributed by atoms with E-state index < -0.39 is 6.10 Å². The molecule has 5 heteroatoms. The van der Waals surface area contributed by atoms with E-state index in [0.29, 0.717) is 17.8 Å². The topological polar surface area (TPSA) is 68.4 Å². The average molecular weight is 226 g/mol. The van der Waals surface area contributed by atoms with E-state index in [2.05, 4.69) is 10.1 Å². The molecule has 0 saturated carbocycles. The Morgan fingerprint density at radius 2 is 2.38 bits per heavy atom. The van der Waals surface area contributed by atoms with Crippen molar-refractivity contribution in [2.24, 2.45) is 0 Å². The molecular weight excluding hydrogens is 208 g/mol. The van der Waals surface area contributed by atoms with E-state index >= 15 is 0 Å². The normalized spacial score (nSPS) is 23.2. The van der Waals surface area contributed by atoms with Gasteiger partial charge in [-0.25, -0.2) is 0 Å². The molecule has 0 aliphatic carbocycles. The zero-order valence-corrected chi connectivity index (χ0v) is 9.56. The number of hydrogen-bond acceptors (Lipinski definition) is 5. The van der Waals surface area contributed by atoms with Crippen LogP contribution in [0, 0.1) is 0 Å². The van der Waals surface area contributed by atoms with Gasteiger partial charge in [0.1, 0.15) is 6.10 Å². The zero-order valence-electron chi connectivity index (χ0n) is 9.56. The SMILES string of the molecule is CC(O)c1noc(CCC2CCCCO2)n1. The minimum Gasteiger partial charge on any atom is -0.385 e. The first kappa shape index (κ1) is 11.5. The Bertz CT molecular complexity index is 319. The predicted octanol–water partition coefficient (Wildman–Crippen LogP) is 1.62. The summed E-state index contributed by atoms with van der Waals surface area (Å²) in [4.78, 5) is 4.11. The van der Waals surface area contributed by atoms with Gasteiger partial charge in [-0.05, 0) is 32.6 Å². The molecule has 0 amide bonds. The molecule has 1 aliphatic heterocycles. The summed E-state index contributed by atoms with van der Waals surface area (Å²) in [6, 6.07) is 0. The number of hydrogen-bond donors (Lipinski definition) is 1. The fourth-order valence-corrected chi connectivity index (χ4v) is 1.86. The van der Waals surface area contributed by atoms with Crippen molar-refractivity contribution in [1.82, 2.24) is 10.1 Å². The lowest BCUT2D eigenvalue weighted by Gasteiger charge is -2.21. The molecular formula is C11H18N2O3. The maximum atomic E-state index is 9.24. The average Bonchev–Trinajstić information content (AvgIpc) is 2.76. The van der Waals surface area contributed by atoms with Crippen molar-refractivity contribution in [3.05, 3.63) is 11.7 Å². The minimum atomic E-state index is -0.663. The highest BCUT2D eigenvalue weighted by atomic mass is 16.5. The van der Waals surface area contributed by atoms with Crippen molar-refractivity contribution in [1.29, 1.82) is 0 Å². The van der Waals surface area contributed by atoms with E-state index in [-0.39, 0.29) is 0 Å². The Morgan fingerprint density at radius 3 is 3.00 bits per heavy atom. The Morgan fingerprint density at radius 1 is 1.50 bits per heavy atom. The second-order valence-electron chi connectivity index (χ2n) is 4.25. The van der Waals surface area contributed by atoms with E-state index in [1.807, 2.05) is 0 Å². The molecule has 1 aromatic rings. The van der Waals surface area contributed by atoms with Crippen LogP contribution in [-0.4, -0.2) is 28.0 Å². The van der Waals surface area contributed by atoms with Gasteiger partial charge < -0.3 is 14.4 Å². The molecule has 2 atom stereocenters. The van der Waals surface area contributed by atoms with Crippen LogP contribution in [-0.2, 0) is 11.2 Å². The van der Waals surface area contributed by atoms with Crippen molar-refractivity contribution in [2.75, 3.05) is 6.61 Å². The minimum absolute atomic E-state index is 0.329. The molecule has 1 saturated heterocycles. The number of ether oxygens (including phenoxy) is 1. The Balaban J connectivity index is 1.79. The molecule has 2 unspecified atom stereocenters. The smallest absolute Gasteiger partial charge is 0.226 e. The maximum absolute atomic E-state index is 9.24. The van der Waals surface area contributed by atoms with Crippen molar-refractivity contribution in [3.8, 4) is 0 Å². The second kappa shape index (κ2) is 5.41. The van der Waals surface area contributed by atoms with Crippen LogP contribution < -0.4 is 0 Å². The lowest BCUT2D eigenvalue weighted by Crippen LogP contribution is -2.19. The summed E-state index contributed by atoms with van der Waals surface area (Å²) in [5.74, 6) is 0.949. The number of aliphatic hydroxyl groups is 1. The predicted molar refractivity (Wildman–Crippen MR) is 56.8 cm³/mol. The fourth-order valence-electron chi connectivity index (χ4n) is 1.86. The van der Waals surface area contributed by atoms with Crippen LogP contribution in [0.2, 0.25) is 0 Å². The fraction of sp³-hybridized carbons (Fsp3) is 0.818. The van der Waals surface area contributed by atoms with Crippen LogP contribution in [0.3, 0.4) is 0 Å². The van der Waals surface area contributed by atoms with Crippen LogP contribution in [0.4, 0.5) is 0 Å². The van der Waals surface area contributed by atoms with E-state index in [9.17, 15) is 5.11 Å². The third-order valence-electron chi connectivity index (χ3n) is 2.81. The third kappa shape index (κ3) is 3.02. The van der Waals surface area contributed by atoms with Crippen LogP contribution in [0.5, 0.6) is 0 Å². The molecule has 16 heavy (non-hydrogen) atoms. The standard InChI is InChI=1S/C11H18N2O3/c1-8(14)11-12-10(16-13-11)6-5-9-4-2-3-7-15-9/h8-9,14H,2-7H2,1H3. The van der Waals surface area contributed by atoms with Crippen LogP contribution >= 0.6 is 0 Å². The Hall–Kier alpha value is -0.940. The molecule has 0 aromatic carbocycles. The summed E-state index contributed by atoms with van der Waals surface area (Å²) in [5.41, 5.74) is 0. The largest absolute Gasteiger partial charge is 0.385 e. The molecule has 0 radical (unpaired) electrons. The number of aliphatic hydroxyl groups excluding tert-OH is 1. The van der Waals surface area contributed by atoms with E-state index in [0.717, 1.165) is 25.9 Å². The van der Waals surface area contributed by atoms with E-state index in [1.165, 1.54) is 12.8 Å². The highest BCUT2D eigenvalue weighted by molar-refractivity contribution is 4.89. The van der Waals surface area contributed by atoms with Gasteiger partial charge in [-0.2, -0.15) is 4.98 Å². The molecule has 0 bridgehead atoms. The molecule has 1 fully saturated rings. The maximum Gasteiger partial charge on any atom is 0.226 e. The Labute approximate surface area is 94.8 Å². The number of rotatable bonds is 4. The highest BCUT2D eigenvalue weighted by Crippen LogP contribution is 2.17. The van der Waals surface area contributed by atoms with Crippen molar-refractivity contribution >= 4 is 0 Å². The lowest BCUT2D eigenvalue weighted by molar-refractivity contribution is 0.0104. The monoisotopic (exact) mass is 226 g/mol. The van der Waals surface area contributed by atoms with Crippen LogP contribution in [0.25, 0.3) is 0 Å². The molecule has 1 aromatic heterocycles. The van der Waals surface area contributed by atoms with Gasteiger partial charge in [0.15, 0.2) is 5.82 Å². The molecule has 5 nitrogen and oxygen atoms in total. The van der Waals surface area contributed by atoms with Gasteiger partial charge in [0, 0.05) is 13.0 Å². The highest BCUT2D eigenvalue weighted by Gasteiger charge is 2.16. The molecule has 0 spiro atoms. The first-order valence-electron chi connectivity index (χ1n) is 5.88. The number of aryl methyl sites for hydroxylation is 1. The van der Waals surface area contributed by atoms with Gasteiger partial charge in [0.25, 0.3) is 0 Å². The molecule has 2 rings (SSSR count). The molecule has 90 valence electrons. The summed E-state index contributed by atoms with van der Waals surface area (Å²) in [7, 11) is 0. The summed E-state index contributed by atoms with van der Waals surface area (Å²) in [6.07, 6.45) is 4.85. The van der Waals surface area contributed by atoms with Crippen molar-refractivity contribution in [3.63, 3.8) is 0 Å². The van der Waals surface area contributed by atoms with Crippen LogP contribution in [0.15, 0.2) is 4.52 Å². The molecule has 1 aliphatic rings. The van der Waals surface area contributed by atoms with Gasteiger partial charge in [-0.1, -0.05) is 5.16 Å². The first-order chi connectivity index (χ1) is 7.75. The van der Waals surface area contributed by atoms with Gasteiger partial charge in [0.05, 0.1) is 6.10 Å². The van der Waals surface area contributed by atoms with Crippen LogP contribution in [0.1, 0.15) is 50.4 Å². The molecule has 2 heterocycles. The first-order valence-corrected chi connectivity index (χ1v) is 5.88. The van der Waals surface area contributed by atoms with Gasteiger partial charge in [-0.15, -0.1) is 0 Å². The quantitative estimate of drug-likeness (QED) is 0.845. The third-order valence-corrected chi connectivity index (χ3v) is 2.81. The van der Waals surface area contributed by atoms with E-state index in [1.54, 1.807) is 6.92 Å². The van der Waals surface area contributed by atoms with E-state index in [4.69, 9.17) is 9.26 Å². The van der Waals surface area contributed by atoms with Crippen molar-refractivity contribution in [2.45, 2.75) is 51.2 Å². The summed E-state index contributed by atoms with van der Waals surface area (Å²) >= 11 is 0. The second-order valence-corrected chi connectivity index (χ2v) is 4.25.